The molecule has 2 unspecified atom stereocenters. The van der Waals surface area contributed by atoms with Gasteiger partial charge in [0.15, 0.2) is 0 Å². The van der Waals surface area contributed by atoms with Crippen molar-refractivity contribution >= 4 is 0 Å². The average Bonchev–Trinajstić information content (AvgIpc) is 2.46. The van der Waals surface area contributed by atoms with E-state index in [1.807, 2.05) is 0 Å². The lowest BCUT2D eigenvalue weighted by atomic mass is 10.1. The molecule has 0 radical (unpaired) electrons. The van der Waals surface area contributed by atoms with E-state index in [-0.39, 0.29) is 0 Å². The third-order valence-electron chi connectivity index (χ3n) is 4.49. The van der Waals surface area contributed by atoms with E-state index in [1.54, 1.807) is 0 Å². The summed E-state index contributed by atoms with van der Waals surface area (Å²) in [5, 5.41) is 0. The maximum Gasteiger partial charge on any atom is 0.0621 e. The van der Waals surface area contributed by atoms with E-state index in [9.17, 15) is 0 Å². The van der Waals surface area contributed by atoms with E-state index >= 15 is 0 Å². The standard InChI is InChI=1S/C14H29N3O/c1-2-13(5-6-15)16-7-9-17(10-8-16)14-4-3-11-18-12-14/h13-14H,2-12,15H2,1H3. The highest BCUT2D eigenvalue weighted by Gasteiger charge is 2.27. The Morgan fingerprint density at radius 3 is 2.61 bits per heavy atom. The first-order chi connectivity index (χ1) is 8.85. The van der Waals surface area contributed by atoms with Crippen LogP contribution in [-0.4, -0.2) is 67.8 Å². The number of rotatable bonds is 5. The van der Waals surface area contributed by atoms with Gasteiger partial charge >= 0.3 is 0 Å². The van der Waals surface area contributed by atoms with Gasteiger partial charge in [0, 0.05) is 44.9 Å². The molecular formula is C14H29N3O. The highest BCUT2D eigenvalue weighted by molar-refractivity contribution is 4.83. The molecule has 2 fully saturated rings. The summed E-state index contributed by atoms with van der Waals surface area (Å²) in [4.78, 5) is 5.26. The van der Waals surface area contributed by atoms with Crippen molar-refractivity contribution in [3.05, 3.63) is 0 Å². The van der Waals surface area contributed by atoms with Gasteiger partial charge in [-0.25, -0.2) is 0 Å². The van der Waals surface area contributed by atoms with Gasteiger partial charge in [-0.1, -0.05) is 6.92 Å². The summed E-state index contributed by atoms with van der Waals surface area (Å²) in [5.41, 5.74) is 5.70. The summed E-state index contributed by atoms with van der Waals surface area (Å²) in [6.45, 7) is 9.82. The Bertz CT molecular complexity index is 210. The van der Waals surface area contributed by atoms with Crippen LogP contribution < -0.4 is 5.73 Å². The van der Waals surface area contributed by atoms with Crippen molar-refractivity contribution < 1.29 is 4.74 Å². The van der Waals surface area contributed by atoms with Crippen molar-refractivity contribution in [1.29, 1.82) is 0 Å². The molecule has 2 rings (SSSR count). The molecule has 2 atom stereocenters. The number of ether oxygens (including phenoxy) is 1. The minimum atomic E-state index is 0.676. The number of hydrogen-bond acceptors (Lipinski definition) is 4. The van der Waals surface area contributed by atoms with E-state index < -0.39 is 0 Å². The van der Waals surface area contributed by atoms with Crippen LogP contribution >= 0.6 is 0 Å². The van der Waals surface area contributed by atoms with E-state index in [1.165, 1.54) is 45.4 Å². The number of nitrogens with two attached hydrogens (primary N) is 1. The van der Waals surface area contributed by atoms with Crippen LogP contribution in [0.4, 0.5) is 0 Å². The Hall–Kier alpha value is -0.160. The minimum Gasteiger partial charge on any atom is -0.380 e. The molecule has 2 saturated heterocycles. The zero-order valence-electron chi connectivity index (χ0n) is 11.8. The first-order valence-electron chi connectivity index (χ1n) is 7.61. The zero-order valence-corrected chi connectivity index (χ0v) is 11.8. The molecule has 0 spiro atoms. The van der Waals surface area contributed by atoms with Crippen molar-refractivity contribution in [3.8, 4) is 0 Å². The number of piperazine rings is 1. The fourth-order valence-electron chi connectivity index (χ4n) is 3.32. The molecule has 2 aliphatic rings. The molecular weight excluding hydrogens is 226 g/mol. The van der Waals surface area contributed by atoms with Gasteiger partial charge in [0.1, 0.15) is 0 Å². The molecule has 0 aromatic rings. The number of hydrogen-bond donors (Lipinski definition) is 1. The molecule has 2 aliphatic heterocycles. The van der Waals surface area contributed by atoms with Crippen LogP contribution in [0.3, 0.4) is 0 Å². The molecule has 106 valence electrons. The van der Waals surface area contributed by atoms with E-state index in [0.29, 0.717) is 12.1 Å². The van der Waals surface area contributed by atoms with Gasteiger partial charge in [0.25, 0.3) is 0 Å². The second-order valence-corrected chi connectivity index (χ2v) is 5.58. The summed E-state index contributed by atoms with van der Waals surface area (Å²) in [6.07, 6.45) is 4.92. The Balaban J connectivity index is 1.76. The van der Waals surface area contributed by atoms with Gasteiger partial charge in [-0.3, -0.25) is 9.80 Å². The van der Waals surface area contributed by atoms with E-state index in [4.69, 9.17) is 10.5 Å². The highest BCUT2D eigenvalue weighted by Crippen LogP contribution is 2.18. The Morgan fingerprint density at radius 1 is 1.28 bits per heavy atom. The normalized spacial score (nSPS) is 29.3. The molecule has 0 bridgehead atoms. The second kappa shape index (κ2) is 7.43. The third-order valence-corrected chi connectivity index (χ3v) is 4.49. The van der Waals surface area contributed by atoms with Crippen molar-refractivity contribution in [2.75, 3.05) is 45.9 Å². The van der Waals surface area contributed by atoms with Crippen molar-refractivity contribution in [3.63, 3.8) is 0 Å². The summed E-state index contributed by atoms with van der Waals surface area (Å²) in [5.74, 6) is 0. The van der Waals surface area contributed by atoms with Gasteiger partial charge < -0.3 is 10.5 Å². The lowest BCUT2D eigenvalue weighted by Crippen LogP contribution is -2.54. The largest absolute Gasteiger partial charge is 0.380 e. The third kappa shape index (κ3) is 3.67. The van der Waals surface area contributed by atoms with Gasteiger partial charge in [0.2, 0.25) is 0 Å². The Kier molecular flexibility index (Phi) is 5.89. The quantitative estimate of drug-likeness (QED) is 0.793. The fraction of sp³-hybridized carbons (Fsp3) is 1.00. The SMILES string of the molecule is CCC(CCN)N1CCN(C2CCCOC2)CC1. The molecule has 4 nitrogen and oxygen atoms in total. The average molecular weight is 255 g/mol. The molecule has 0 aromatic heterocycles. The summed E-state index contributed by atoms with van der Waals surface area (Å²) in [7, 11) is 0. The van der Waals surface area contributed by atoms with E-state index in [0.717, 1.165) is 26.2 Å². The number of nitrogens with zero attached hydrogens (tertiary/aromatic N) is 2. The van der Waals surface area contributed by atoms with Crippen LogP contribution in [0.25, 0.3) is 0 Å². The molecule has 2 heterocycles. The van der Waals surface area contributed by atoms with Gasteiger partial charge in [-0.2, -0.15) is 0 Å². The van der Waals surface area contributed by atoms with E-state index in [2.05, 4.69) is 16.7 Å². The van der Waals surface area contributed by atoms with Crippen molar-refractivity contribution in [1.82, 2.24) is 9.80 Å². The second-order valence-electron chi connectivity index (χ2n) is 5.58. The van der Waals surface area contributed by atoms with Crippen LogP contribution in [0.1, 0.15) is 32.6 Å². The summed E-state index contributed by atoms with van der Waals surface area (Å²) >= 11 is 0. The zero-order chi connectivity index (χ0) is 12.8. The minimum absolute atomic E-state index is 0.676. The molecule has 2 N–H and O–H groups in total. The van der Waals surface area contributed by atoms with Gasteiger partial charge in [-0.05, 0) is 32.2 Å². The molecule has 4 heteroatoms. The Morgan fingerprint density at radius 2 is 2.06 bits per heavy atom. The lowest BCUT2D eigenvalue weighted by Gasteiger charge is -2.43. The van der Waals surface area contributed by atoms with Gasteiger partial charge in [-0.15, -0.1) is 0 Å². The Labute approximate surface area is 111 Å². The van der Waals surface area contributed by atoms with Crippen LogP contribution in [0.5, 0.6) is 0 Å². The van der Waals surface area contributed by atoms with Crippen LogP contribution in [0, 0.1) is 0 Å². The predicted octanol–water partition coefficient (Wildman–Crippen LogP) is 0.910. The molecule has 0 aliphatic carbocycles. The summed E-state index contributed by atoms with van der Waals surface area (Å²) in [6, 6.07) is 1.37. The lowest BCUT2D eigenvalue weighted by molar-refractivity contribution is -0.00869. The maximum absolute atomic E-state index is 5.70. The van der Waals surface area contributed by atoms with Crippen LogP contribution in [0.2, 0.25) is 0 Å². The molecule has 0 saturated carbocycles. The first kappa shape index (κ1) is 14.3. The predicted molar refractivity (Wildman–Crippen MR) is 74.7 cm³/mol. The topological polar surface area (TPSA) is 41.7 Å². The van der Waals surface area contributed by atoms with Crippen LogP contribution in [0.15, 0.2) is 0 Å². The summed E-state index contributed by atoms with van der Waals surface area (Å²) < 4.78 is 5.60. The molecule has 0 aromatic carbocycles. The first-order valence-corrected chi connectivity index (χ1v) is 7.61. The maximum atomic E-state index is 5.70. The monoisotopic (exact) mass is 255 g/mol. The van der Waals surface area contributed by atoms with Crippen LogP contribution in [-0.2, 0) is 4.74 Å². The molecule has 0 amide bonds. The van der Waals surface area contributed by atoms with Gasteiger partial charge in [0.05, 0.1) is 6.61 Å². The van der Waals surface area contributed by atoms with Crippen molar-refractivity contribution in [2.24, 2.45) is 5.73 Å². The van der Waals surface area contributed by atoms with Crippen molar-refractivity contribution in [2.45, 2.75) is 44.7 Å². The highest BCUT2D eigenvalue weighted by atomic mass is 16.5. The fourth-order valence-corrected chi connectivity index (χ4v) is 3.32. The smallest absolute Gasteiger partial charge is 0.0621 e. The molecule has 18 heavy (non-hydrogen) atoms.